The Hall–Kier alpha value is -3.56. The van der Waals surface area contributed by atoms with Crippen LogP contribution in [0.3, 0.4) is 0 Å². The first-order valence-corrected chi connectivity index (χ1v) is 8.49. The van der Waals surface area contributed by atoms with Crippen LogP contribution >= 0.6 is 0 Å². The van der Waals surface area contributed by atoms with E-state index in [1.54, 1.807) is 26.0 Å². The molecule has 0 spiro atoms. The van der Waals surface area contributed by atoms with Gasteiger partial charge in [-0.05, 0) is 50.2 Å². The highest BCUT2D eigenvalue weighted by molar-refractivity contribution is 5.74. The lowest BCUT2D eigenvalue weighted by atomic mass is 10.1. The van der Waals surface area contributed by atoms with Crippen molar-refractivity contribution in [1.82, 2.24) is 14.7 Å². The van der Waals surface area contributed by atoms with Gasteiger partial charge in [-0.25, -0.2) is 9.78 Å². The summed E-state index contributed by atoms with van der Waals surface area (Å²) in [5.74, 6) is -0.334. The number of halogens is 3. The number of alkyl halides is 3. The van der Waals surface area contributed by atoms with Gasteiger partial charge in [0.2, 0.25) is 0 Å². The van der Waals surface area contributed by atoms with E-state index in [0.717, 1.165) is 5.56 Å². The van der Waals surface area contributed by atoms with Crippen LogP contribution in [0.25, 0.3) is 22.5 Å². The van der Waals surface area contributed by atoms with Gasteiger partial charge < -0.3 is 13.7 Å². The molecule has 150 valence electrons. The molecule has 3 heterocycles. The molecular weight excluding hydrogens is 391 g/mol. The summed E-state index contributed by atoms with van der Waals surface area (Å²) in [5, 5.41) is 3.87. The number of benzene rings is 1. The molecule has 0 aliphatic rings. The predicted octanol–water partition coefficient (Wildman–Crippen LogP) is 4.21. The van der Waals surface area contributed by atoms with Gasteiger partial charge in [0.25, 0.3) is 0 Å². The Balaban J connectivity index is 1.71. The molecule has 0 saturated heterocycles. The number of aromatic nitrogens is 3. The first-order chi connectivity index (χ1) is 13.7. The molecule has 0 fully saturated rings. The van der Waals surface area contributed by atoms with Gasteiger partial charge in [-0.1, -0.05) is 5.16 Å². The number of ether oxygens (including phenoxy) is 1. The van der Waals surface area contributed by atoms with Crippen molar-refractivity contribution in [3.05, 3.63) is 64.0 Å². The lowest BCUT2D eigenvalue weighted by Crippen LogP contribution is -2.17. The molecule has 0 aliphatic heterocycles. The molecule has 7 nitrogen and oxygen atoms in total. The van der Waals surface area contributed by atoms with Gasteiger partial charge in [0.1, 0.15) is 11.5 Å². The van der Waals surface area contributed by atoms with Crippen molar-refractivity contribution in [2.45, 2.75) is 26.8 Å². The lowest BCUT2D eigenvalue weighted by molar-refractivity contribution is -0.274. The van der Waals surface area contributed by atoms with E-state index in [4.69, 9.17) is 8.94 Å². The topological polar surface area (TPSA) is 83.3 Å². The van der Waals surface area contributed by atoms with Gasteiger partial charge in [0.05, 0.1) is 17.9 Å². The molecule has 0 bridgehead atoms. The third-order valence-corrected chi connectivity index (χ3v) is 4.39. The Morgan fingerprint density at radius 1 is 1.10 bits per heavy atom. The summed E-state index contributed by atoms with van der Waals surface area (Å²) < 4.78 is 52.5. The Morgan fingerprint density at radius 2 is 1.83 bits per heavy atom. The number of aryl methyl sites for hydroxylation is 2. The van der Waals surface area contributed by atoms with Crippen LogP contribution in [0.5, 0.6) is 5.75 Å². The van der Waals surface area contributed by atoms with Crippen molar-refractivity contribution < 1.29 is 26.8 Å². The summed E-state index contributed by atoms with van der Waals surface area (Å²) in [7, 11) is 0. The minimum atomic E-state index is -4.76. The summed E-state index contributed by atoms with van der Waals surface area (Å²) in [6.45, 7) is 3.68. The molecule has 3 aromatic heterocycles. The maximum atomic E-state index is 12.3. The van der Waals surface area contributed by atoms with E-state index in [0.29, 0.717) is 33.9 Å². The van der Waals surface area contributed by atoms with Gasteiger partial charge in [-0.15, -0.1) is 13.2 Å². The molecule has 0 radical (unpaired) electrons. The highest BCUT2D eigenvalue weighted by Gasteiger charge is 2.31. The average molecular weight is 405 g/mol. The number of hydrogen-bond acceptors (Lipinski definition) is 6. The maximum absolute atomic E-state index is 12.3. The Morgan fingerprint density at radius 3 is 2.45 bits per heavy atom. The average Bonchev–Trinajstić information content (AvgIpc) is 3.14. The maximum Gasteiger partial charge on any atom is 0.573 e. The van der Waals surface area contributed by atoms with Gasteiger partial charge in [-0.2, -0.15) is 0 Å². The van der Waals surface area contributed by atoms with Crippen LogP contribution in [-0.2, 0) is 6.54 Å². The zero-order valence-corrected chi connectivity index (χ0v) is 15.3. The SMILES string of the molecule is Cc1noc(C)c1Cn1c(=O)oc2ccc(-c3ccc(OC(F)(F)F)cc3)nc21. The van der Waals surface area contributed by atoms with E-state index >= 15 is 0 Å². The highest BCUT2D eigenvalue weighted by Crippen LogP contribution is 2.27. The molecule has 0 unspecified atom stereocenters. The monoisotopic (exact) mass is 405 g/mol. The van der Waals surface area contributed by atoms with Crippen molar-refractivity contribution >= 4 is 11.2 Å². The van der Waals surface area contributed by atoms with E-state index < -0.39 is 12.1 Å². The zero-order chi connectivity index (χ0) is 20.8. The Bertz CT molecular complexity index is 1220. The van der Waals surface area contributed by atoms with Crippen molar-refractivity contribution in [2.75, 3.05) is 0 Å². The summed E-state index contributed by atoms with van der Waals surface area (Å²) in [6.07, 6.45) is -4.76. The number of hydrogen-bond donors (Lipinski definition) is 0. The summed E-state index contributed by atoms with van der Waals surface area (Å²) in [4.78, 5) is 16.8. The normalized spacial score (nSPS) is 11.9. The smallest absolute Gasteiger partial charge is 0.406 e. The molecular formula is C19H14F3N3O4. The number of rotatable bonds is 4. The van der Waals surface area contributed by atoms with Gasteiger partial charge in [0, 0.05) is 11.1 Å². The van der Waals surface area contributed by atoms with Crippen LogP contribution in [0.4, 0.5) is 13.2 Å². The lowest BCUT2D eigenvalue weighted by Gasteiger charge is -2.09. The quantitative estimate of drug-likeness (QED) is 0.506. The number of pyridine rings is 1. The molecule has 4 aromatic rings. The first kappa shape index (κ1) is 18.8. The van der Waals surface area contributed by atoms with Crippen LogP contribution in [-0.4, -0.2) is 21.1 Å². The third kappa shape index (κ3) is 3.73. The summed E-state index contributed by atoms with van der Waals surface area (Å²) in [5.41, 5.74) is 3.02. The van der Waals surface area contributed by atoms with Gasteiger partial charge in [0.15, 0.2) is 11.2 Å². The van der Waals surface area contributed by atoms with E-state index in [1.807, 2.05) is 0 Å². The standard InChI is InChI=1S/C19H14F3N3O4/c1-10-14(11(2)29-24-10)9-25-17-16(27-18(25)26)8-7-15(23-17)12-3-5-13(6-4-12)28-19(20,21)22/h3-8H,9H2,1-2H3. The molecule has 0 aliphatic carbocycles. The van der Waals surface area contributed by atoms with E-state index in [9.17, 15) is 18.0 Å². The first-order valence-electron chi connectivity index (χ1n) is 8.49. The molecule has 0 amide bonds. The van der Waals surface area contributed by atoms with E-state index in [-0.39, 0.29) is 12.3 Å². The van der Waals surface area contributed by atoms with Crippen LogP contribution in [0.2, 0.25) is 0 Å². The van der Waals surface area contributed by atoms with Crippen molar-refractivity contribution in [3.8, 4) is 17.0 Å². The molecule has 29 heavy (non-hydrogen) atoms. The Kier molecular flexibility index (Phi) is 4.40. The number of oxazole rings is 1. The minimum absolute atomic E-state index is 0.168. The molecule has 0 N–H and O–H groups in total. The molecule has 1 aromatic carbocycles. The van der Waals surface area contributed by atoms with Crippen LogP contribution < -0.4 is 10.5 Å². The van der Waals surface area contributed by atoms with Crippen LogP contribution in [0.1, 0.15) is 17.0 Å². The second kappa shape index (κ2) is 6.80. The van der Waals surface area contributed by atoms with E-state index in [2.05, 4.69) is 14.9 Å². The fourth-order valence-corrected chi connectivity index (χ4v) is 2.96. The van der Waals surface area contributed by atoms with Crippen molar-refractivity contribution in [1.29, 1.82) is 0 Å². The number of fused-ring (bicyclic) bond motifs is 1. The van der Waals surface area contributed by atoms with Gasteiger partial charge >= 0.3 is 12.1 Å². The van der Waals surface area contributed by atoms with Crippen LogP contribution in [0, 0.1) is 13.8 Å². The van der Waals surface area contributed by atoms with Crippen LogP contribution in [0.15, 0.2) is 50.1 Å². The van der Waals surface area contributed by atoms with Gasteiger partial charge in [-0.3, -0.25) is 4.57 Å². The van der Waals surface area contributed by atoms with Crippen molar-refractivity contribution in [3.63, 3.8) is 0 Å². The predicted molar refractivity (Wildman–Crippen MR) is 95.5 cm³/mol. The molecule has 4 rings (SSSR count). The zero-order valence-electron chi connectivity index (χ0n) is 15.3. The molecule has 10 heteroatoms. The third-order valence-electron chi connectivity index (χ3n) is 4.39. The largest absolute Gasteiger partial charge is 0.573 e. The summed E-state index contributed by atoms with van der Waals surface area (Å²) in [6, 6.07) is 8.49. The fourth-order valence-electron chi connectivity index (χ4n) is 2.96. The fraction of sp³-hybridized carbons (Fsp3) is 0.211. The second-order valence-corrected chi connectivity index (χ2v) is 6.35. The number of nitrogens with zero attached hydrogens (tertiary/aromatic N) is 3. The second-order valence-electron chi connectivity index (χ2n) is 6.35. The minimum Gasteiger partial charge on any atom is -0.406 e. The van der Waals surface area contributed by atoms with Crippen molar-refractivity contribution in [2.24, 2.45) is 0 Å². The highest BCUT2D eigenvalue weighted by atomic mass is 19.4. The molecule has 0 atom stereocenters. The summed E-state index contributed by atoms with van der Waals surface area (Å²) >= 11 is 0. The Labute approximate surface area is 161 Å². The van der Waals surface area contributed by atoms with E-state index in [1.165, 1.54) is 28.8 Å². The molecule has 0 saturated carbocycles.